The van der Waals surface area contributed by atoms with E-state index in [0.717, 1.165) is 22.5 Å². The van der Waals surface area contributed by atoms with Gasteiger partial charge < -0.3 is 5.73 Å². The van der Waals surface area contributed by atoms with Gasteiger partial charge in [0.2, 0.25) is 0 Å². The Bertz CT molecular complexity index is 666. The van der Waals surface area contributed by atoms with Crippen LogP contribution in [0.2, 0.25) is 0 Å². The van der Waals surface area contributed by atoms with Gasteiger partial charge in [-0.2, -0.15) is 5.10 Å². The second kappa shape index (κ2) is 4.99. The van der Waals surface area contributed by atoms with Crippen molar-refractivity contribution in [2.24, 2.45) is 12.8 Å². The molecule has 0 aliphatic rings. The average molecular weight is 269 g/mol. The molecule has 0 radical (unpaired) electrons. The minimum atomic E-state index is 0.572. The molecule has 0 amide bonds. The summed E-state index contributed by atoms with van der Waals surface area (Å²) in [6.07, 6.45) is 0. The highest BCUT2D eigenvalue weighted by atomic mass is 32.1. The Labute approximate surface area is 116 Å². The SMILES string of the molecule is Cn1nc(-c2ccc(CN)cc2)cc1-c1cccs1. The van der Waals surface area contributed by atoms with Crippen LogP contribution in [0.25, 0.3) is 21.8 Å². The first-order chi connectivity index (χ1) is 9.28. The molecule has 3 nitrogen and oxygen atoms in total. The van der Waals surface area contributed by atoms with Gasteiger partial charge in [-0.15, -0.1) is 11.3 Å². The Hall–Kier alpha value is -1.91. The van der Waals surface area contributed by atoms with Crippen LogP contribution < -0.4 is 5.73 Å². The molecule has 0 atom stereocenters. The zero-order chi connectivity index (χ0) is 13.2. The van der Waals surface area contributed by atoms with Crippen molar-refractivity contribution in [3.8, 4) is 21.8 Å². The lowest BCUT2D eigenvalue weighted by atomic mass is 10.1. The minimum absolute atomic E-state index is 0.572. The highest BCUT2D eigenvalue weighted by Gasteiger charge is 2.09. The number of benzene rings is 1. The van der Waals surface area contributed by atoms with Crippen LogP contribution in [0, 0.1) is 0 Å². The lowest BCUT2D eigenvalue weighted by Gasteiger charge is -1.98. The summed E-state index contributed by atoms with van der Waals surface area (Å²) < 4.78 is 1.93. The van der Waals surface area contributed by atoms with Crippen LogP contribution in [-0.2, 0) is 13.6 Å². The summed E-state index contributed by atoms with van der Waals surface area (Å²) in [4.78, 5) is 1.24. The van der Waals surface area contributed by atoms with E-state index in [0.29, 0.717) is 6.54 Å². The maximum Gasteiger partial charge on any atom is 0.0929 e. The molecule has 0 saturated heterocycles. The maximum absolute atomic E-state index is 5.61. The van der Waals surface area contributed by atoms with Crippen LogP contribution in [0.1, 0.15) is 5.56 Å². The fraction of sp³-hybridized carbons (Fsp3) is 0.133. The highest BCUT2D eigenvalue weighted by Crippen LogP contribution is 2.28. The summed E-state index contributed by atoms with van der Waals surface area (Å²) in [5.41, 5.74) is 10.0. The first kappa shape index (κ1) is 12.1. The number of aryl methyl sites for hydroxylation is 1. The smallest absolute Gasteiger partial charge is 0.0929 e. The molecule has 3 aromatic rings. The molecule has 1 aromatic carbocycles. The van der Waals surface area contributed by atoms with Gasteiger partial charge in [-0.05, 0) is 23.1 Å². The van der Waals surface area contributed by atoms with Crippen LogP contribution in [-0.4, -0.2) is 9.78 Å². The summed E-state index contributed by atoms with van der Waals surface area (Å²) in [6.45, 7) is 0.572. The van der Waals surface area contributed by atoms with E-state index in [1.807, 2.05) is 11.7 Å². The van der Waals surface area contributed by atoms with E-state index >= 15 is 0 Å². The first-order valence-electron chi connectivity index (χ1n) is 6.15. The van der Waals surface area contributed by atoms with Gasteiger partial charge in [0.25, 0.3) is 0 Å². The third-order valence-electron chi connectivity index (χ3n) is 3.14. The highest BCUT2D eigenvalue weighted by molar-refractivity contribution is 7.13. The van der Waals surface area contributed by atoms with Gasteiger partial charge in [0.15, 0.2) is 0 Å². The molecular formula is C15H15N3S. The Kier molecular flexibility index (Phi) is 3.19. The molecule has 0 aliphatic carbocycles. The van der Waals surface area contributed by atoms with E-state index in [2.05, 4.69) is 52.9 Å². The Balaban J connectivity index is 1.99. The second-order valence-corrected chi connectivity index (χ2v) is 5.36. The normalized spacial score (nSPS) is 10.8. The topological polar surface area (TPSA) is 43.8 Å². The Morgan fingerprint density at radius 3 is 2.63 bits per heavy atom. The Morgan fingerprint density at radius 2 is 2.00 bits per heavy atom. The molecule has 19 heavy (non-hydrogen) atoms. The second-order valence-electron chi connectivity index (χ2n) is 4.42. The number of aromatic nitrogens is 2. The van der Waals surface area contributed by atoms with Gasteiger partial charge in [0, 0.05) is 19.2 Å². The average Bonchev–Trinajstić information content (AvgIpc) is 3.08. The van der Waals surface area contributed by atoms with E-state index in [9.17, 15) is 0 Å². The van der Waals surface area contributed by atoms with Gasteiger partial charge in [0.1, 0.15) is 0 Å². The molecule has 2 heterocycles. The predicted molar refractivity (Wildman–Crippen MR) is 79.8 cm³/mol. The number of nitrogens with zero attached hydrogens (tertiary/aromatic N) is 2. The lowest BCUT2D eigenvalue weighted by Crippen LogP contribution is -1.95. The summed E-state index contributed by atoms with van der Waals surface area (Å²) >= 11 is 1.73. The zero-order valence-electron chi connectivity index (χ0n) is 10.7. The molecule has 2 N–H and O–H groups in total. The summed E-state index contributed by atoms with van der Waals surface area (Å²) in [5, 5.41) is 6.67. The molecule has 0 bridgehead atoms. The largest absolute Gasteiger partial charge is 0.326 e. The standard InChI is InChI=1S/C15H15N3S/c1-18-14(15-3-2-8-19-15)9-13(17-18)12-6-4-11(10-16)5-7-12/h2-9H,10,16H2,1H3. The summed E-state index contributed by atoms with van der Waals surface area (Å²) in [6, 6.07) is 14.5. The lowest BCUT2D eigenvalue weighted by molar-refractivity contribution is 0.780. The van der Waals surface area contributed by atoms with Crippen molar-refractivity contribution >= 4 is 11.3 Å². The fourth-order valence-electron chi connectivity index (χ4n) is 2.07. The maximum atomic E-state index is 5.61. The van der Waals surface area contributed by atoms with Crippen molar-refractivity contribution in [3.63, 3.8) is 0 Å². The van der Waals surface area contributed by atoms with Crippen LogP contribution in [0.3, 0.4) is 0 Å². The van der Waals surface area contributed by atoms with E-state index < -0.39 is 0 Å². The molecular weight excluding hydrogens is 254 g/mol. The number of thiophene rings is 1. The Morgan fingerprint density at radius 1 is 1.21 bits per heavy atom. The molecule has 4 heteroatoms. The third-order valence-corrected chi connectivity index (χ3v) is 4.03. The van der Waals surface area contributed by atoms with Crippen molar-refractivity contribution in [2.45, 2.75) is 6.54 Å². The summed E-state index contributed by atoms with van der Waals surface area (Å²) in [7, 11) is 1.98. The van der Waals surface area contributed by atoms with Gasteiger partial charge in [-0.1, -0.05) is 30.3 Å². The zero-order valence-corrected chi connectivity index (χ0v) is 11.5. The molecule has 2 aromatic heterocycles. The summed E-state index contributed by atoms with van der Waals surface area (Å²) in [5.74, 6) is 0. The molecule has 0 saturated carbocycles. The van der Waals surface area contributed by atoms with Crippen LogP contribution in [0.15, 0.2) is 47.8 Å². The predicted octanol–water partition coefficient (Wildman–Crippen LogP) is 3.27. The minimum Gasteiger partial charge on any atom is -0.326 e. The first-order valence-corrected chi connectivity index (χ1v) is 7.03. The fourth-order valence-corrected chi connectivity index (χ4v) is 2.85. The van der Waals surface area contributed by atoms with Gasteiger partial charge in [-0.25, -0.2) is 0 Å². The number of rotatable bonds is 3. The quantitative estimate of drug-likeness (QED) is 0.793. The van der Waals surface area contributed by atoms with E-state index in [1.54, 1.807) is 11.3 Å². The molecule has 96 valence electrons. The van der Waals surface area contributed by atoms with Crippen molar-refractivity contribution < 1.29 is 0 Å². The van der Waals surface area contributed by atoms with Crippen molar-refractivity contribution in [1.29, 1.82) is 0 Å². The van der Waals surface area contributed by atoms with E-state index in [4.69, 9.17) is 5.73 Å². The molecule has 3 rings (SSSR count). The molecule has 0 unspecified atom stereocenters. The molecule has 0 aliphatic heterocycles. The van der Waals surface area contributed by atoms with Crippen molar-refractivity contribution in [1.82, 2.24) is 9.78 Å². The van der Waals surface area contributed by atoms with Gasteiger partial charge in [0.05, 0.1) is 16.3 Å². The van der Waals surface area contributed by atoms with Gasteiger partial charge in [-0.3, -0.25) is 4.68 Å². The van der Waals surface area contributed by atoms with Crippen molar-refractivity contribution in [2.75, 3.05) is 0 Å². The van der Waals surface area contributed by atoms with Crippen molar-refractivity contribution in [3.05, 3.63) is 53.4 Å². The number of hydrogen-bond donors (Lipinski definition) is 1. The third kappa shape index (κ3) is 2.32. The molecule has 0 spiro atoms. The molecule has 0 fully saturated rings. The van der Waals surface area contributed by atoms with Crippen LogP contribution >= 0.6 is 11.3 Å². The van der Waals surface area contributed by atoms with E-state index in [-0.39, 0.29) is 0 Å². The number of hydrogen-bond acceptors (Lipinski definition) is 3. The number of nitrogens with two attached hydrogens (primary N) is 1. The van der Waals surface area contributed by atoms with Gasteiger partial charge >= 0.3 is 0 Å². The van der Waals surface area contributed by atoms with Crippen LogP contribution in [0.4, 0.5) is 0 Å². The van der Waals surface area contributed by atoms with E-state index in [1.165, 1.54) is 4.88 Å². The monoisotopic (exact) mass is 269 g/mol. The van der Waals surface area contributed by atoms with Crippen LogP contribution in [0.5, 0.6) is 0 Å².